The van der Waals surface area contributed by atoms with Gasteiger partial charge in [-0.15, -0.1) is 0 Å². The molecular weight excluding hydrogens is 280 g/mol. The van der Waals surface area contributed by atoms with Gasteiger partial charge in [-0.25, -0.2) is 8.42 Å². The second-order valence-corrected chi connectivity index (χ2v) is 7.28. The van der Waals surface area contributed by atoms with Crippen LogP contribution in [-0.2, 0) is 9.84 Å². The van der Waals surface area contributed by atoms with Crippen LogP contribution < -0.4 is 5.32 Å². The van der Waals surface area contributed by atoms with E-state index in [2.05, 4.69) is 5.32 Å². The van der Waals surface area contributed by atoms with Gasteiger partial charge >= 0.3 is 0 Å². The number of sulfone groups is 1. The first-order chi connectivity index (χ1) is 9.43. The zero-order valence-corrected chi connectivity index (χ0v) is 12.1. The number of hydrogen-bond donors (Lipinski definition) is 1. The van der Waals surface area contributed by atoms with E-state index in [1.807, 2.05) is 6.92 Å². The zero-order chi connectivity index (χ0) is 14.8. The maximum Gasteiger partial charge on any atom is 0.269 e. The van der Waals surface area contributed by atoms with Crippen molar-refractivity contribution in [1.82, 2.24) is 5.32 Å². The smallest absolute Gasteiger partial charge is 0.269 e. The molecule has 6 nitrogen and oxygen atoms in total. The molecule has 1 N–H and O–H groups in total. The summed E-state index contributed by atoms with van der Waals surface area (Å²) in [5.41, 5.74) is 0.947. The van der Waals surface area contributed by atoms with Crippen LogP contribution in [0.15, 0.2) is 24.3 Å². The minimum Gasteiger partial charge on any atom is -0.310 e. The molecule has 0 spiro atoms. The molecule has 1 fully saturated rings. The van der Waals surface area contributed by atoms with Gasteiger partial charge in [0.05, 0.1) is 16.4 Å². The standard InChI is InChI=1S/C13H18N2O4S/c1-2-14-13(11-7-8-20(18,19)9-11)10-3-5-12(6-4-10)15(16)17/h3-6,11,13-14H,2,7-9H2,1H3. The number of rotatable bonds is 5. The highest BCUT2D eigenvalue weighted by Gasteiger charge is 2.34. The highest BCUT2D eigenvalue weighted by Crippen LogP contribution is 2.32. The van der Waals surface area contributed by atoms with Gasteiger partial charge in [-0.05, 0) is 24.4 Å². The Morgan fingerprint density at radius 2 is 2.05 bits per heavy atom. The summed E-state index contributed by atoms with van der Waals surface area (Å²) in [6.45, 7) is 2.68. The molecule has 20 heavy (non-hydrogen) atoms. The maximum absolute atomic E-state index is 11.6. The fourth-order valence-corrected chi connectivity index (χ4v) is 4.51. The van der Waals surface area contributed by atoms with Crippen molar-refractivity contribution in [1.29, 1.82) is 0 Å². The average Bonchev–Trinajstić information content (AvgIpc) is 2.76. The largest absolute Gasteiger partial charge is 0.310 e. The molecule has 7 heteroatoms. The van der Waals surface area contributed by atoms with Crippen LogP contribution in [0.2, 0.25) is 0 Å². The Bertz CT molecular complexity index is 583. The highest BCUT2D eigenvalue weighted by atomic mass is 32.2. The van der Waals surface area contributed by atoms with Gasteiger partial charge in [0.1, 0.15) is 0 Å². The molecular formula is C13H18N2O4S. The third kappa shape index (κ3) is 3.34. The Hall–Kier alpha value is -1.47. The molecule has 0 amide bonds. The molecule has 0 saturated carbocycles. The van der Waals surface area contributed by atoms with E-state index in [-0.39, 0.29) is 29.2 Å². The van der Waals surface area contributed by atoms with Crippen LogP contribution in [0.3, 0.4) is 0 Å². The van der Waals surface area contributed by atoms with Crippen molar-refractivity contribution >= 4 is 15.5 Å². The summed E-state index contributed by atoms with van der Waals surface area (Å²) in [5.74, 6) is 0.440. The predicted octanol–water partition coefficient (Wildman–Crippen LogP) is 1.68. The topological polar surface area (TPSA) is 89.3 Å². The van der Waals surface area contributed by atoms with Gasteiger partial charge < -0.3 is 5.32 Å². The van der Waals surface area contributed by atoms with Gasteiger partial charge in [0.25, 0.3) is 5.69 Å². The first kappa shape index (κ1) is 14.9. The molecule has 0 radical (unpaired) electrons. The van der Waals surface area contributed by atoms with E-state index in [1.54, 1.807) is 12.1 Å². The maximum atomic E-state index is 11.6. The molecule has 2 unspecified atom stereocenters. The lowest BCUT2D eigenvalue weighted by atomic mass is 9.92. The first-order valence-corrected chi connectivity index (χ1v) is 8.43. The van der Waals surface area contributed by atoms with Gasteiger partial charge in [-0.3, -0.25) is 10.1 Å². The number of nitrogens with zero attached hydrogens (tertiary/aromatic N) is 1. The highest BCUT2D eigenvalue weighted by molar-refractivity contribution is 7.91. The SMILES string of the molecule is CCNC(c1ccc([N+](=O)[O-])cc1)C1CCS(=O)(=O)C1. The number of nitrogens with one attached hydrogen (secondary N) is 1. The van der Waals surface area contributed by atoms with Crippen LogP contribution in [0.25, 0.3) is 0 Å². The summed E-state index contributed by atoms with van der Waals surface area (Å²) in [7, 11) is -2.94. The van der Waals surface area contributed by atoms with Gasteiger partial charge in [0.15, 0.2) is 9.84 Å². The minimum absolute atomic E-state index is 0.0291. The van der Waals surface area contributed by atoms with Gasteiger partial charge in [-0.1, -0.05) is 19.1 Å². The summed E-state index contributed by atoms with van der Waals surface area (Å²) in [6.07, 6.45) is 0.636. The van der Waals surface area contributed by atoms with E-state index in [0.717, 1.165) is 12.1 Å². The van der Waals surface area contributed by atoms with Crippen LogP contribution in [0.5, 0.6) is 0 Å². The summed E-state index contributed by atoms with van der Waals surface area (Å²) >= 11 is 0. The van der Waals surface area contributed by atoms with Gasteiger partial charge in [0, 0.05) is 18.2 Å². The molecule has 1 aliphatic rings. The van der Waals surface area contributed by atoms with Gasteiger partial charge in [-0.2, -0.15) is 0 Å². The molecule has 2 rings (SSSR count). The number of non-ortho nitro benzene ring substituents is 1. The Kier molecular flexibility index (Phi) is 4.39. The Morgan fingerprint density at radius 3 is 2.50 bits per heavy atom. The number of nitro benzene ring substituents is 1. The lowest BCUT2D eigenvalue weighted by Crippen LogP contribution is -2.29. The summed E-state index contributed by atoms with van der Waals surface area (Å²) in [5, 5.41) is 14.0. The quantitative estimate of drug-likeness (QED) is 0.660. The molecule has 2 atom stereocenters. The van der Waals surface area contributed by atoms with E-state index < -0.39 is 14.8 Å². The van der Waals surface area contributed by atoms with Crippen LogP contribution in [-0.4, -0.2) is 31.4 Å². The Balaban J connectivity index is 2.22. The first-order valence-electron chi connectivity index (χ1n) is 6.61. The van der Waals surface area contributed by atoms with Crippen molar-refractivity contribution in [2.75, 3.05) is 18.1 Å². The summed E-state index contributed by atoms with van der Waals surface area (Å²) in [6, 6.07) is 6.26. The zero-order valence-electron chi connectivity index (χ0n) is 11.3. The molecule has 1 aromatic carbocycles. The third-order valence-electron chi connectivity index (χ3n) is 3.63. The fourth-order valence-electron chi connectivity index (χ4n) is 2.67. The van der Waals surface area contributed by atoms with Crippen molar-refractivity contribution in [2.24, 2.45) is 5.92 Å². The van der Waals surface area contributed by atoms with Crippen molar-refractivity contribution in [3.05, 3.63) is 39.9 Å². The minimum atomic E-state index is -2.94. The summed E-state index contributed by atoms with van der Waals surface area (Å²) in [4.78, 5) is 10.2. The van der Waals surface area contributed by atoms with E-state index in [0.29, 0.717) is 6.42 Å². The van der Waals surface area contributed by atoms with E-state index in [4.69, 9.17) is 0 Å². The second-order valence-electron chi connectivity index (χ2n) is 5.05. The predicted molar refractivity (Wildman–Crippen MR) is 76.3 cm³/mol. The average molecular weight is 298 g/mol. The van der Waals surface area contributed by atoms with E-state index in [1.165, 1.54) is 12.1 Å². The molecule has 1 aromatic rings. The van der Waals surface area contributed by atoms with Crippen LogP contribution in [0.4, 0.5) is 5.69 Å². The van der Waals surface area contributed by atoms with Crippen molar-refractivity contribution < 1.29 is 13.3 Å². The van der Waals surface area contributed by atoms with Crippen molar-refractivity contribution in [3.8, 4) is 0 Å². The Labute approximate surface area is 118 Å². The van der Waals surface area contributed by atoms with E-state index >= 15 is 0 Å². The van der Waals surface area contributed by atoms with Crippen molar-refractivity contribution in [2.45, 2.75) is 19.4 Å². The summed E-state index contributed by atoms with van der Waals surface area (Å²) < 4.78 is 23.2. The molecule has 1 heterocycles. The third-order valence-corrected chi connectivity index (χ3v) is 5.42. The molecule has 1 aliphatic heterocycles. The fraction of sp³-hybridized carbons (Fsp3) is 0.538. The van der Waals surface area contributed by atoms with Crippen LogP contribution in [0, 0.1) is 16.0 Å². The molecule has 110 valence electrons. The molecule has 0 bridgehead atoms. The lowest BCUT2D eigenvalue weighted by Gasteiger charge is -2.23. The van der Waals surface area contributed by atoms with Crippen molar-refractivity contribution in [3.63, 3.8) is 0 Å². The van der Waals surface area contributed by atoms with Gasteiger partial charge in [0.2, 0.25) is 0 Å². The van der Waals surface area contributed by atoms with Crippen LogP contribution >= 0.6 is 0 Å². The monoisotopic (exact) mass is 298 g/mol. The molecule has 1 saturated heterocycles. The molecule has 0 aromatic heterocycles. The number of benzene rings is 1. The number of nitro groups is 1. The second kappa shape index (κ2) is 5.88. The Morgan fingerprint density at radius 1 is 1.40 bits per heavy atom. The lowest BCUT2D eigenvalue weighted by molar-refractivity contribution is -0.384. The van der Waals surface area contributed by atoms with Crippen LogP contribution in [0.1, 0.15) is 24.9 Å². The van der Waals surface area contributed by atoms with E-state index in [9.17, 15) is 18.5 Å². The number of hydrogen-bond acceptors (Lipinski definition) is 5. The molecule has 0 aliphatic carbocycles. The normalized spacial score (nSPS) is 22.6.